The summed E-state index contributed by atoms with van der Waals surface area (Å²) >= 11 is 0. The first-order chi connectivity index (χ1) is 18.0. The van der Waals surface area contributed by atoms with E-state index in [0.717, 1.165) is 10.9 Å². The Labute approximate surface area is 219 Å². The number of hydrogen-bond donors (Lipinski definition) is 8. The fraction of sp³-hybridized carbons (Fsp3) is 0.480. The van der Waals surface area contributed by atoms with Crippen molar-refractivity contribution < 1.29 is 39.3 Å². The third kappa shape index (κ3) is 8.28. The number of nitrogens with one attached hydrogen (secondary N) is 4. The van der Waals surface area contributed by atoms with Crippen molar-refractivity contribution in [3.8, 4) is 0 Å². The molecule has 0 radical (unpaired) electrons. The summed E-state index contributed by atoms with van der Waals surface area (Å²) in [4.78, 5) is 63.9. The fourth-order valence-corrected chi connectivity index (χ4v) is 3.82. The molecule has 208 valence electrons. The van der Waals surface area contributed by atoms with Crippen molar-refractivity contribution in [2.24, 2.45) is 11.7 Å². The molecule has 9 N–H and O–H groups in total. The highest BCUT2D eigenvalue weighted by Gasteiger charge is 2.32. The number of H-pyrrole nitrogens is 1. The van der Waals surface area contributed by atoms with E-state index in [-0.39, 0.29) is 19.3 Å². The van der Waals surface area contributed by atoms with Gasteiger partial charge >= 0.3 is 11.9 Å². The molecule has 0 aliphatic rings. The zero-order chi connectivity index (χ0) is 28.4. The summed E-state index contributed by atoms with van der Waals surface area (Å²) < 4.78 is 0. The maximum absolute atomic E-state index is 13.0. The number of benzene rings is 1. The predicted octanol–water partition coefficient (Wildman–Crippen LogP) is -0.520. The number of rotatable bonds is 15. The average molecular weight is 534 g/mol. The molecule has 13 nitrogen and oxygen atoms in total. The molecule has 0 aliphatic carbocycles. The van der Waals surface area contributed by atoms with Gasteiger partial charge < -0.3 is 42.0 Å². The first-order valence-electron chi connectivity index (χ1n) is 12.3. The van der Waals surface area contributed by atoms with Gasteiger partial charge in [-0.25, -0.2) is 4.79 Å². The van der Waals surface area contributed by atoms with E-state index in [9.17, 15) is 34.2 Å². The van der Waals surface area contributed by atoms with Crippen molar-refractivity contribution in [3.63, 3.8) is 0 Å². The quantitative estimate of drug-likeness (QED) is 0.147. The van der Waals surface area contributed by atoms with E-state index in [1.165, 1.54) is 0 Å². The molecule has 1 aromatic heterocycles. The minimum absolute atomic E-state index is 0.0447. The van der Waals surface area contributed by atoms with Gasteiger partial charge in [0.25, 0.3) is 0 Å². The summed E-state index contributed by atoms with van der Waals surface area (Å²) in [6.07, 6.45) is 1.61. The Hall–Kier alpha value is -3.97. The van der Waals surface area contributed by atoms with Gasteiger partial charge in [-0.05, 0) is 24.0 Å². The van der Waals surface area contributed by atoms with Crippen molar-refractivity contribution in [3.05, 3.63) is 36.0 Å². The van der Waals surface area contributed by atoms with Crippen LogP contribution in [0.3, 0.4) is 0 Å². The Morgan fingerprint density at radius 2 is 1.63 bits per heavy atom. The molecule has 2 aromatic rings. The molecule has 38 heavy (non-hydrogen) atoms. The number of aliphatic hydroxyl groups is 1. The van der Waals surface area contributed by atoms with Crippen LogP contribution in [-0.2, 0) is 30.4 Å². The number of aliphatic hydroxyl groups excluding tert-OH is 1. The predicted molar refractivity (Wildman–Crippen MR) is 137 cm³/mol. The number of fused-ring (bicyclic) bond motifs is 1. The summed E-state index contributed by atoms with van der Waals surface area (Å²) in [5, 5.41) is 36.2. The summed E-state index contributed by atoms with van der Waals surface area (Å²) in [7, 11) is 0. The van der Waals surface area contributed by atoms with E-state index < -0.39 is 66.4 Å². The van der Waals surface area contributed by atoms with Crippen LogP contribution < -0.4 is 21.7 Å². The minimum atomic E-state index is -1.49. The van der Waals surface area contributed by atoms with Crippen molar-refractivity contribution in [1.29, 1.82) is 0 Å². The van der Waals surface area contributed by atoms with E-state index in [2.05, 4.69) is 20.9 Å². The lowest BCUT2D eigenvalue weighted by atomic mass is 9.97. The van der Waals surface area contributed by atoms with Crippen LogP contribution in [0.4, 0.5) is 0 Å². The van der Waals surface area contributed by atoms with Crippen molar-refractivity contribution >= 4 is 40.6 Å². The SMILES string of the molecule is CCC(C)C(NC(=O)C(N)CCC(=O)O)C(=O)NC(CO)C(=O)NC(Cc1c[nH]c2ccccc12)C(=O)O. The number of aromatic amines is 1. The van der Waals surface area contributed by atoms with Gasteiger partial charge in [0.2, 0.25) is 17.7 Å². The summed E-state index contributed by atoms with van der Waals surface area (Å²) in [6, 6.07) is 2.14. The molecule has 0 saturated heterocycles. The average Bonchev–Trinajstić information content (AvgIpc) is 3.30. The van der Waals surface area contributed by atoms with Gasteiger partial charge in [-0.2, -0.15) is 0 Å². The monoisotopic (exact) mass is 533 g/mol. The van der Waals surface area contributed by atoms with Crippen LogP contribution in [0.1, 0.15) is 38.7 Å². The van der Waals surface area contributed by atoms with Crippen molar-refractivity contribution in [2.75, 3.05) is 6.61 Å². The Kier molecular flexibility index (Phi) is 11.2. The third-order valence-corrected chi connectivity index (χ3v) is 6.33. The maximum atomic E-state index is 13.0. The summed E-state index contributed by atoms with van der Waals surface area (Å²) in [6.45, 7) is 2.64. The van der Waals surface area contributed by atoms with Crippen LogP contribution in [0.5, 0.6) is 0 Å². The number of aliphatic carboxylic acids is 2. The number of aromatic nitrogens is 1. The third-order valence-electron chi connectivity index (χ3n) is 6.33. The van der Waals surface area contributed by atoms with E-state index >= 15 is 0 Å². The molecular formula is C25H35N5O8. The summed E-state index contributed by atoms with van der Waals surface area (Å²) in [5.41, 5.74) is 7.20. The number of para-hydroxylation sites is 1. The molecule has 3 amide bonds. The zero-order valence-electron chi connectivity index (χ0n) is 21.3. The number of carboxylic acids is 2. The highest BCUT2D eigenvalue weighted by atomic mass is 16.4. The first kappa shape index (κ1) is 30.3. The van der Waals surface area contributed by atoms with Gasteiger partial charge in [0.1, 0.15) is 18.1 Å². The molecule has 2 rings (SSSR count). The number of carbonyl (C=O) groups excluding carboxylic acids is 3. The largest absolute Gasteiger partial charge is 0.481 e. The Balaban J connectivity index is 2.09. The lowest BCUT2D eigenvalue weighted by Gasteiger charge is -2.27. The van der Waals surface area contributed by atoms with Gasteiger partial charge in [-0.1, -0.05) is 38.5 Å². The van der Waals surface area contributed by atoms with Crippen LogP contribution >= 0.6 is 0 Å². The van der Waals surface area contributed by atoms with Crippen LogP contribution in [0.25, 0.3) is 10.9 Å². The van der Waals surface area contributed by atoms with Gasteiger partial charge in [0.15, 0.2) is 0 Å². The molecule has 0 spiro atoms. The molecular weight excluding hydrogens is 498 g/mol. The lowest BCUT2D eigenvalue weighted by Crippen LogP contribution is -2.59. The molecule has 5 unspecified atom stereocenters. The Morgan fingerprint density at radius 1 is 0.974 bits per heavy atom. The highest BCUT2D eigenvalue weighted by Crippen LogP contribution is 2.19. The van der Waals surface area contributed by atoms with E-state index in [1.54, 1.807) is 26.1 Å². The van der Waals surface area contributed by atoms with E-state index in [1.807, 2.05) is 18.2 Å². The molecule has 1 heterocycles. The molecule has 0 fully saturated rings. The van der Waals surface area contributed by atoms with Crippen LogP contribution in [0, 0.1) is 5.92 Å². The van der Waals surface area contributed by atoms with Gasteiger partial charge in [-0.15, -0.1) is 0 Å². The maximum Gasteiger partial charge on any atom is 0.326 e. The number of nitrogens with two attached hydrogens (primary N) is 1. The number of hydrogen-bond acceptors (Lipinski definition) is 7. The van der Waals surface area contributed by atoms with Gasteiger partial charge in [-0.3, -0.25) is 19.2 Å². The normalized spacial score (nSPS) is 15.1. The Morgan fingerprint density at radius 3 is 2.24 bits per heavy atom. The molecule has 1 aromatic carbocycles. The van der Waals surface area contributed by atoms with Gasteiger partial charge in [0.05, 0.1) is 12.6 Å². The standard InChI is InChI=1S/C25H35N5O8/c1-3-13(2)21(30-22(34)16(26)8-9-20(32)33)24(36)29-19(12-31)23(35)28-18(25(37)38)10-14-11-27-17-7-5-4-6-15(14)17/h4-7,11,13,16,18-19,21,27,31H,3,8-10,12,26H2,1-2H3,(H,28,35)(H,29,36)(H,30,34)(H,32,33)(H,37,38). The minimum Gasteiger partial charge on any atom is -0.481 e. The molecule has 0 saturated carbocycles. The van der Waals surface area contributed by atoms with Crippen LogP contribution in [-0.4, -0.2) is 80.7 Å². The first-order valence-corrected chi connectivity index (χ1v) is 12.3. The number of amides is 3. The Bertz CT molecular complexity index is 1150. The van der Waals surface area contributed by atoms with Crippen LogP contribution in [0.2, 0.25) is 0 Å². The molecule has 0 aliphatic heterocycles. The second kappa shape index (κ2) is 14.1. The highest BCUT2D eigenvalue weighted by molar-refractivity contribution is 5.94. The van der Waals surface area contributed by atoms with E-state index in [0.29, 0.717) is 12.0 Å². The number of carbonyl (C=O) groups is 5. The lowest BCUT2D eigenvalue weighted by molar-refractivity contribution is -0.142. The van der Waals surface area contributed by atoms with Crippen LogP contribution in [0.15, 0.2) is 30.5 Å². The molecule has 13 heteroatoms. The van der Waals surface area contributed by atoms with Gasteiger partial charge in [0, 0.05) is 29.9 Å². The summed E-state index contributed by atoms with van der Waals surface area (Å²) in [5.74, 6) is -5.25. The molecule has 5 atom stereocenters. The van der Waals surface area contributed by atoms with E-state index in [4.69, 9.17) is 10.8 Å². The number of carboxylic acid groups (broad SMARTS) is 2. The molecule has 0 bridgehead atoms. The fourth-order valence-electron chi connectivity index (χ4n) is 3.82. The second-order valence-corrected chi connectivity index (χ2v) is 9.12. The topological polar surface area (TPSA) is 224 Å². The second-order valence-electron chi connectivity index (χ2n) is 9.12. The van der Waals surface area contributed by atoms with Crippen molar-refractivity contribution in [1.82, 2.24) is 20.9 Å². The zero-order valence-corrected chi connectivity index (χ0v) is 21.3. The smallest absolute Gasteiger partial charge is 0.326 e. The van der Waals surface area contributed by atoms with Crippen molar-refractivity contribution in [2.45, 2.75) is 63.7 Å².